The first-order valence-electron chi connectivity index (χ1n) is 7.76. The summed E-state index contributed by atoms with van der Waals surface area (Å²) in [6.07, 6.45) is 0. The van der Waals surface area contributed by atoms with Crippen molar-refractivity contribution in [2.24, 2.45) is 0 Å². The van der Waals surface area contributed by atoms with Gasteiger partial charge >= 0.3 is 0 Å². The SMILES string of the molecule is Cc1sc2c(c1C)N(C)C(=O)/C2=C1/C(=O)N(C)c2c1sc(C)c2C. The monoisotopic (exact) mass is 358 g/mol. The molecule has 0 aromatic carbocycles. The van der Waals surface area contributed by atoms with Gasteiger partial charge < -0.3 is 9.80 Å². The van der Waals surface area contributed by atoms with E-state index in [0.717, 1.165) is 32.3 Å². The predicted octanol–water partition coefficient (Wildman–Crippen LogP) is 3.91. The number of likely N-dealkylation sites (N-methyl/N-ethyl adjacent to an activating group) is 2. The second-order valence-electron chi connectivity index (χ2n) is 6.40. The van der Waals surface area contributed by atoms with Gasteiger partial charge in [-0.15, -0.1) is 22.7 Å². The molecule has 0 saturated carbocycles. The summed E-state index contributed by atoms with van der Waals surface area (Å²) >= 11 is 3.22. The molecule has 0 fully saturated rings. The minimum Gasteiger partial charge on any atom is -0.310 e. The molecule has 2 aromatic rings. The number of fused-ring (bicyclic) bond motifs is 2. The predicted molar refractivity (Wildman–Crippen MR) is 101 cm³/mol. The van der Waals surface area contributed by atoms with E-state index in [2.05, 4.69) is 13.8 Å². The molecule has 24 heavy (non-hydrogen) atoms. The van der Waals surface area contributed by atoms with Crippen LogP contribution in [0.1, 0.15) is 30.6 Å². The first kappa shape index (κ1) is 15.6. The van der Waals surface area contributed by atoms with E-state index >= 15 is 0 Å². The average molecular weight is 358 g/mol. The first-order chi connectivity index (χ1) is 11.3. The number of thiophene rings is 2. The molecule has 2 amide bonds. The molecule has 6 heteroatoms. The molecule has 0 spiro atoms. The van der Waals surface area contributed by atoms with Gasteiger partial charge in [0.2, 0.25) is 0 Å². The van der Waals surface area contributed by atoms with E-state index in [1.165, 1.54) is 9.75 Å². The Bertz CT molecular complexity index is 900. The Labute approximate surface area is 149 Å². The molecule has 0 atom stereocenters. The number of carbonyl (C=O) groups is 2. The molecule has 2 aliphatic heterocycles. The third kappa shape index (κ3) is 1.67. The summed E-state index contributed by atoms with van der Waals surface area (Å²) in [6, 6.07) is 0. The minimum absolute atomic E-state index is 0.0762. The van der Waals surface area contributed by atoms with E-state index < -0.39 is 0 Å². The van der Waals surface area contributed by atoms with Crippen LogP contribution in [-0.2, 0) is 9.59 Å². The molecular weight excluding hydrogens is 340 g/mol. The number of hydrogen-bond acceptors (Lipinski definition) is 4. The summed E-state index contributed by atoms with van der Waals surface area (Å²) in [7, 11) is 3.59. The second kappa shape index (κ2) is 4.80. The molecular formula is C18H18N2O2S2. The Morgan fingerprint density at radius 3 is 1.33 bits per heavy atom. The van der Waals surface area contributed by atoms with Crippen molar-refractivity contribution in [3.63, 3.8) is 0 Å². The van der Waals surface area contributed by atoms with E-state index in [1.54, 1.807) is 46.6 Å². The number of anilines is 2. The molecule has 2 aliphatic rings. The van der Waals surface area contributed by atoms with Crippen molar-refractivity contribution in [2.75, 3.05) is 23.9 Å². The third-order valence-electron chi connectivity index (χ3n) is 5.12. The highest BCUT2D eigenvalue weighted by molar-refractivity contribution is 7.16. The van der Waals surface area contributed by atoms with Crippen LogP contribution in [0.5, 0.6) is 0 Å². The molecule has 2 aromatic heterocycles. The molecule has 4 rings (SSSR count). The maximum atomic E-state index is 12.9. The Morgan fingerprint density at radius 2 is 1.00 bits per heavy atom. The number of aryl methyl sites for hydroxylation is 2. The van der Waals surface area contributed by atoms with Crippen LogP contribution in [0, 0.1) is 27.7 Å². The molecule has 0 aliphatic carbocycles. The lowest BCUT2D eigenvalue weighted by molar-refractivity contribution is -0.114. The lowest BCUT2D eigenvalue weighted by Crippen LogP contribution is -2.24. The first-order valence-corrected chi connectivity index (χ1v) is 9.40. The lowest BCUT2D eigenvalue weighted by Gasteiger charge is -2.11. The summed E-state index contributed by atoms with van der Waals surface area (Å²) in [4.78, 5) is 33.5. The summed E-state index contributed by atoms with van der Waals surface area (Å²) in [5.74, 6) is -0.152. The van der Waals surface area contributed by atoms with Gasteiger partial charge in [0.05, 0.1) is 32.3 Å². The third-order valence-corrected chi connectivity index (χ3v) is 7.55. The van der Waals surface area contributed by atoms with Crippen molar-refractivity contribution < 1.29 is 9.59 Å². The Kier molecular flexibility index (Phi) is 3.12. The zero-order valence-corrected chi connectivity index (χ0v) is 16.2. The van der Waals surface area contributed by atoms with Crippen molar-refractivity contribution >= 4 is 57.0 Å². The molecule has 124 valence electrons. The van der Waals surface area contributed by atoms with Crippen molar-refractivity contribution in [1.29, 1.82) is 0 Å². The van der Waals surface area contributed by atoms with Crippen LogP contribution in [0.2, 0.25) is 0 Å². The van der Waals surface area contributed by atoms with E-state index in [9.17, 15) is 9.59 Å². The van der Waals surface area contributed by atoms with Gasteiger partial charge in [-0.1, -0.05) is 0 Å². The van der Waals surface area contributed by atoms with E-state index in [1.807, 2.05) is 13.8 Å². The highest BCUT2D eigenvalue weighted by atomic mass is 32.1. The number of carbonyl (C=O) groups excluding carboxylic acids is 2. The van der Waals surface area contributed by atoms with Gasteiger partial charge in [-0.25, -0.2) is 0 Å². The number of rotatable bonds is 0. The number of amides is 2. The normalized spacial score (nSPS) is 19.6. The molecule has 0 unspecified atom stereocenters. The van der Waals surface area contributed by atoms with Crippen LogP contribution in [-0.4, -0.2) is 25.9 Å². The quantitative estimate of drug-likeness (QED) is 0.670. The van der Waals surface area contributed by atoms with Crippen LogP contribution < -0.4 is 9.80 Å². The average Bonchev–Trinajstić information content (AvgIpc) is 3.14. The fourth-order valence-electron chi connectivity index (χ4n) is 3.55. The minimum atomic E-state index is -0.0762. The van der Waals surface area contributed by atoms with Gasteiger partial charge in [0, 0.05) is 23.8 Å². The van der Waals surface area contributed by atoms with Gasteiger partial charge in [0.25, 0.3) is 11.8 Å². The van der Waals surface area contributed by atoms with Crippen LogP contribution in [0.25, 0.3) is 11.1 Å². The zero-order chi connectivity index (χ0) is 17.5. The Hall–Kier alpha value is -1.92. The smallest absolute Gasteiger partial charge is 0.260 e. The van der Waals surface area contributed by atoms with Gasteiger partial charge in [0.1, 0.15) is 0 Å². The summed E-state index contributed by atoms with van der Waals surface area (Å²) in [5, 5.41) is 0. The van der Waals surface area contributed by atoms with Gasteiger partial charge in [-0.3, -0.25) is 9.59 Å². The van der Waals surface area contributed by atoms with Gasteiger partial charge in [-0.2, -0.15) is 0 Å². The molecule has 0 saturated heterocycles. The lowest BCUT2D eigenvalue weighted by atomic mass is 10.1. The van der Waals surface area contributed by atoms with Gasteiger partial charge in [-0.05, 0) is 38.8 Å². The van der Waals surface area contributed by atoms with Crippen LogP contribution in [0.3, 0.4) is 0 Å². The molecule has 4 heterocycles. The molecule has 0 N–H and O–H groups in total. The van der Waals surface area contributed by atoms with Gasteiger partial charge in [0.15, 0.2) is 0 Å². The van der Waals surface area contributed by atoms with Crippen molar-refractivity contribution in [1.82, 2.24) is 0 Å². The van der Waals surface area contributed by atoms with Crippen molar-refractivity contribution in [3.05, 3.63) is 30.6 Å². The van der Waals surface area contributed by atoms with E-state index in [4.69, 9.17) is 0 Å². The number of hydrogen-bond donors (Lipinski definition) is 0. The zero-order valence-electron chi connectivity index (χ0n) is 14.5. The topological polar surface area (TPSA) is 40.6 Å². The van der Waals surface area contributed by atoms with Crippen molar-refractivity contribution in [3.8, 4) is 0 Å². The second-order valence-corrected chi connectivity index (χ2v) is 8.85. The summed E-state index contributed by atoms with van der Waals surface area (Å²) < 4.78 is 0. The fraction of sp³-hybridized carbons (Fsp3) is 0.333. The highest BCUT2D eigenvalue weighted by Crippen LogP contribution is 2.53. The number of nitrogens with zero attached hydrogens (tertiary/aromatic N) is 2. The van der Waals surface area contributed by atoms with Crippen LogP contribution >= 0.6 is 22.7 Å². The molecule has 0 radical (unpaired) electrons. The maximum Gasteiger partial charge on any atom is 0.260 e. The largest absolute Gasteiger partial charge is 0.310 e. The standard InChI is InChI=1S/C18H18N2O2S2/c1-7-9(3)23-15-11(17(21)19(5)13(7)15)12-16-14(20(6)18(12)22)8(2)10(4)24-16/h1-6H3/b12-11+. The van der Waals surface area contributed by atoms with Crippen molar-refractivity contribution in [2.45, 2.75) is 27.7 Å². The van der Waals surface area contributed by atoms with E-state index in [-0.39, 0.29) is 11.8 Å². The highest BCUT2D eigenvalue weighted by Gasteiger charge is 2.43. The van der Waals surface area contributed by atoms with E-state index in [0.29, 0.717) is 11.1 Å². The van der Waals surface area contributed by atoms with Crippen LogP contribution in [0.15, 0.2) is 0 Å². The maximum absolute atomic E-state index is 12.9. The summed E-state index contributed by atoms with van der Waals surface area (Å²) in [5.41, 5.74) is 5.31. The van der Waals surface area contributed by atoms with Crippen LogP contribution in [0.4, 0.5) is 11.4 Å². The molecule has 4 nitrogen and oxygen atoms in total. The summed E-state index contributed by atoms with van der Waals surface area (Å²) in [6.45, 7) is 8.20. The Morgan fingerprint density at radius 1 is 0.667 bits per heavy atom. The Balaban J connectivity index is 2.09. The fourth-order valence-corrected chi connectivity index (χ4v) is 6.02. The molecule has 0 bridgehead atoms.